The molecule has 0 saturated carbocycles. The van der Waals surface area contributed by atoms with Crippen molar-refractivity contribution in [3.05, 3.63) is 22.8 Å². The zero-order chi connectivity index (χ0) is 12.5. The van der Waals surface area contributed by atoms with Crippen molar-refractivity contribution < 1.29 is 4.57 Å². The highest BCUT2D eigenvalue weighted by Gasteiger charge is 2.20. The molecular weight excluding hydrogens is 217 g/mol. The standard InChI is InChI=1S/C13H22NOP/c1-7-14-12-8-9(2)10(3)11(4)13(12)16(5,6)15/h8,14H,7H2,1-6H3. The second-order valence-corrected chi connectivity index (χ2v) is 7.87. The van der Waals surface area contributed by atoms with E-state index in [-0.39, 0.29) is 0 Å². The Morgan fingerprint density at radius 3 is 2.19 bits per heavy atom. The lowest BCUT2D eigenvalue weighted by molar-refractivity contribution is 0.588. The van der Waals surface area contributed by atoms with E-state index in [1.54, 1.807) is 0 Å². The number of benzene rings is 1. The Hall–Kier alpha value is -0.750. The van der Waals surface area contributed by atoms with Crippen molar-refractivity contribution in [3.8, 4) is 0 Å². The quantitative estimate of drug-likeness (QED) is 0.820. The van der Waals surface area contributed by atoms with Gasteiger partial charge in [-0.15, -0.1) is 0 Å². The summed E-state index contributed by atoms with van der Waals surface area (Å²) in [5.74, 6) is 0. The molecule has 2 nitrogen and oxygen atoms in total. The van der Waals surface area contributed by atoms with Crippen LogP contribution in [0, 0.1) is 20.8 Å². The van der Waals surface area contributed by atoms with Crippen LogP contribution in [0.1, 0.15) is 23.6 Å². The fraction of sp³-hybridized carbons (Fsp3) is 0.538. The molecule has 0 radical (unpaired) electrons. The summed E-state index contributed by atoms with van der Waals surface area (Å²) >= 11 is 0. The molecule has 1 rings (SSSR count). The first-order valence-corrected chi connectivity index (χ1v) is 8.29. The van der Waals surface area contributed by atoms with E-state index in [1.165, 1.54) is 16.7 Å². The van der Waals surface area contributed by atoms with E-state index in [9.17, 15) is 4.57 Å². The molecule has 90 valence electrons. The van der Waals surface area contributed by atoms with E-state index in [2.05, 4.69) is 39.1 Å². The van der Waals surface area contributed by atoms with Crippen molar-refractivity contribution in [2.24, 2.45) is 0 Å². The molecule has 0 saturated heterocycles. The lowest BCUT2D eigenvalue weighted by atomic mass is 10.0. The summed E-state index contributed by atoms with van der Waals surface area (Å²) in [4.78, 5) is 0. The Morgan fingerprint density at radius 2 is 1.75 bits per heavy atom. The van der Waals surface area contributed by atoms with Gasteiger partial charge in [-0.05, 0) is 63.8 Å². The molecule has 0 amide bonds. The van der Waals surface area contributed by atoms with Crippen LogP contribution < -0.4 is 10.6 Å². The second kappa shape index (κ2) is 4.63. The van der Waals surface area contributed by atoms with Gasteiger partial charge in [0, 0.05) is 17.5 Å². The Bertz CT molecular complexity index is 446. The van der Waals surface area contributed by atoms with Crippen LogP contribution in [0.5, 0.6) is 0 Å². The maximum Gasteiger partial charge on any atom is 0.112 e. The average Bonchev–Trinajstić information content (AvgIpc) is 2.12. The van der Waals surface area contributed by atoms with Gasteiger partial charge in [-0.3, -0.25) is 0 Å². The third-order valence-corrected chi connectivity index (χ3v) is 4.68. The van der Waals surface area contributed by atoms with Gasteiger partial charge in [0.2, 0.25) is 0 Å². The van der Waals surface area contributed by atoms with Crippen LogP contribution in [0.2, 0.25) is 0 Å². The van der Waals surface area contributed by atoms with Gasteiger partial charge in [0.25, 0.3) is 0 Å². The van der Waals surface area contributed by atoms with Gasteiger partial charge in [0.15, 0.2) is 0 Å². The highest BCUT2D eigenvalue weighted by molar-refractivity contribution is 7.70. The summed E-state index contributed by atoms with van der Waals surface area (Å²) in [6.07, 6.45) is 0. The number of nitrogens with one attached hydrogen (secondary N) is 1. The lowest BCUT2D eigenvalue weighted by Crippen LogP contribution is -2.17. The molecule has 0 bridgehead atoms. The predicted molar refractivity (Wildman–Crippen MR) is 73.9 cm³/mol. The van der Waals surface area contributed by atoms with Crippen molar-refractivity contribution in [3.63, 3.8) is 0 Å². The van der Waals surface area contributed by atoms with Crippen molar-refractivity contribution in [1.29, 1.82) is 0 Å². The van der Waals surface area contributed by atoms with E-state index in [4.69, 9.17) is 0 Å². The van der Waals surface area contributed by atoms with Crippen LogP contribution >= 0.6 is 7.14 Å². The minimum absolute atomic E-state index is 0.856. The fourth-order valence-electron chi connectivity index (χ4n) is 2.09. The van der Waals surface area contributed by atoms with Gasteiger partial charge in [0.1, 0.15) is 7.14 Å². The van der Waals surface area contributed by atoms with Crippen molar-refractivity contribution in [2.45, 2.75) is 27.7 Å². The summed E-state index contributed by atoms with van der Waals surface area (Å²) < 4.78 is 12.4. The summed E-state index contributed by atoms with van der Waals surface area (Å²) in [6, 6.07) is 2.11. The average molecular weight is 239 g/mol. The van der Waals surface area contributed by atoms with Gasteiger partial charge < -0.3 is 9.88 Å². The first kappa shape index (κ1) is 13.3. The number of hydrogen-bond acceptors (Lipinski definition) is 2. The number of anilines is 1. The molecule has 16 heavy (non-hydrogen) atoms. The number of rotatable bonds is 3. The smallest absolute Gasteiger partial charge is 0.112 e. The Balaban J connectivity index is 3.54. The van der Waals surface area contributed by atoms with Crippen LogP contribution in [0.4, 0.5) is 5.69 Å². The molecule has 0 aliphatic carbocycles. The molecule has 1 N–H and O–H groups in total. The molecule has 0 unspecified atom stereocenters. The molecule has 0 aliphatic rings. The molecular formula is C13H22NOP. The molecule has 1 aromatic carbocycles. The normalized spacial score (nSPS) is 11.6. The van der Waals surface area contributed by atoms with Crippen molar-refractivity contribution in [2.75, 3.05) is 25.2 Å². The Labute approximate surface area is 98.8 Å². The third kappa shape index (κ3) is 2.49. The summed E-state index contributed by atoms with van der Waals surface area (Å²) in [5, 5.41) is 4.33. The summed E-state index contributed by atoms with van der Waals surface area (Å²) in [7, 11) is -2.23. The SMILES string of the molecule is CCNc1cc(C)c(C)c(C)c1P(C)(C)=O. The largest absolute Gasteiger partial charge is 0.385 e. The summed E-state index contributed by atoms with van der Waals surface area (Å²) in [5.41, 5.74) is 4.71. The molecule has 0 heterocycles. The van der Waals surface area contributed by atoms with Crippen LogP contribution in [0.15, 0.2) is 6.07 Å². The summed E-state index contributed by atoms with van der Waals surface area (Å²) in [6.45, 7) is 12.9. The van der Waals surface area contributed by atoms with Crippen LogP contribution in [-0.2, 0) is 4.57 Å². The number of hydrogen-bond donors (Lipinski definition) is 1. The monoisotopic (exact) mass is 239 g/mol. The van der Waals surface area contributed by atoms with E-state index in [1.807, 2.05) is 13.3 Å². The highest BCUT2D eigenvalue weighted by atomic mass is 31.2. The highest BCUT2D eigenvalue weighted by Crippen LogP contribution is 2.40. The van der Waals surface area contributed by atoms with E-state index >= 15 is 0 Å². The zero-order valence-electron chi connectivity index (χ0n) is 11.1. The molecule has 0 aromatic heterocycles. The minimum Gasteiger partial charge on any atom is -0.385 e. The van der Waals surface area contributed by atoms with Crippen LogP contribution in [0.25, 0.3) is 0 Å². The molecule has 3 heteroatoms. The lowest BCUT2D eigenvalue weighted by Gasteiger charge is -2.20. The van der Waals surface area contributed by atoms with Crippen LogP contribution in [0.3, 0.4) is 0 Å². The van der Waals surface area contributed by atoms with Gasteiger partial charge in [-0.25, -0.2) is 0 Å². The van der Waals surface area contributed by atoms with Gasteiger partial charge in [-0.1, -0.05) is 0 Å². The van der Waals surface area contributed by atoms with E-state index in [0.29, 0.717) is 0 Å². The van der Waals surface area contributed by atoms with E-state index < -0.39 is 7.14 Å². The first-order chi connectivity index (χ1) is 7.29. The van der Waals surface area contributed by atoms with Gasteiger partial charge >= 0.3 is 0 Å². The molecule has 0 atom stereocenters. The third-order valence-electron chi connectivity index (χ3n) is 3.03. The first-order valence-electron chi connectivity index (χ1n) is 5.69. The molecule has 0 fully saturated rings. The molecule has 0 aliphatic heterocycles. The minimum atomic E-state index is -2.23. The second-order valence-electron chi connectivity index (χ2n) is 4.72. The number of aryl methyl sites for hydroxylation is 1. The Kier molecular flexibility index (Phi) is 3.85. The topological polar surface area (TPSA) is 29.1 Å². The fourth-order valence-corrected chi connectivity index (χ4v) is 3.79. The van der Waals surface area contributed by atoms with Crippen molar-refractivity contribution in [1.82, 2.24) is 0 Å². The zero-order valence-corrected chi connectivity index (χ0v) is 12.0. The molecule has 1 aromatic rings. The maximum atomic E-state index is 12.4. The van der Waals surface area contributed by atoms with Crippen molar-refractivity contribution >= 4 is 18.1 Å². The van der Waals surface area contributed by atoms with Gasteiger partial charge in [-0.2, -0.15) is 0 Å². The maximum absolute atomic E-state index is 12.4. The van der Waals surface area contributed by atoms with E-state index in [0.717, 1.165) is 17.5 Å². The van der Waals surface area contributed by atoms with Gasteiger partial charge in [0.05, 0.1) is 0 Å². The Morgan fingerprint density at radius 1 is 1.19 bits per heavy atom. The van der Waals surface area contributed by atoms with Crippen LogP contribution in [-0.4, -0.2) is 19.9 Å². The molecule has 0 spiro atoms. The predicted octanol–water partition coefficient (Wildman–Crippen LogP) is 3.29.